The third-order valence-electron chi connectivity index (χ3n) is 3.88. The van der Waals surface area contributed by atoms with Gasteiger partial charge in [-0.05, 0) is 46.5 Å². The second-order valence-electron chi connectivity index (χ2n) is 5.74. The van der Waals surface area contributed by atoms with Crippen LogP contribution < -0.4 is 10.6 Å². The summed E-state index contributed by atoms with van der Waals surface area (Å²) in [6.45, 7) is -0.130. The number of rotatable bonds is 5. The topological polar surface area (TPSA) is 61.4 Å². The van der Waals surface area contributed by atoms with Crippen molar-refractivity contribution in [3.63, 3.8) is 0 Å². The summed E-state index contributed by atoms with van der Waals surface area (Å²) in [6, 6.07) is 8.95. The second-order valence-corrected chi connectivity index (χ2v) is 7.46. The lowest BCUT2D eigenvalue weighted by atomic mass is 9.94. The van der Waals surface area contributed by atoms with Gasteiger partial charge in [0.15, 0.2) is 0 Å². The summed E-state index contributed by atoms with van der Waals surface area (Å²) in [6.07, 6.45) is -4.49. The van der Waals surface area contributed by atoms with Gasteiger partial charge in [0, 0.05) is 16.1 Å². The molecule has 27 heavy (non-hydrogen) atoms. The molecule has 2 amide bonds. The third kappa shape index (κ3) is 4.49. The van der Waals surface area contributed by atoms with Crippen LogP contribution in [-0.4, -0.2) is 17.7 Å². The molecule has 0 fully saturated rings. The highest BCUT2D eigenvalue weighted by Crippen LogP contribution is 2.34. The number of urea groups is 1. The van der Waals surface area contributed by atoms with Gasteiger partial charge in [0.2, 0.25) is 0 Å². The fraction of sp³-hybridized carbons (Fsp3) is 0.167. The van der Waals surface area contributed by atoms with Crippen molar-refractivity contribution in [2.24, 2.45) is 0 Å². The van der Waals surface area contributed by atoms with Crippen molar-refractivity contribution < 1.29 is 23.1 Å². The van der Waals surface area contributed by atoms with Crippen molar-refractivity contribution in [1.82, 2.24) is 5.32 Å². The number of hydrogen-bond acceptors (Lipinski definition) is 4. The smallest absolute Gasteiger partial charge is 0.378 e. The Morgan fingerprint density at radius 1 is 1.07 bits per heavy atom. The van der Waals surface area contributed by atoms with E-state index < -0.39 is 23.4 Å². The minimum absolute atomic E-state index is 0.0116. The number of hydrogen-bond donors (Lipinski definition) is 3. The zero-order valence-corrected chi connectivity index (χ0v) is 15.4. The molecule has 0 bridgehead atoms. The van der Waals surface area contributed by atoms with Gasteiger partial charge in [-0.15, -0.1) is 11.3 Å². The monoisotopic (exact) mass is 412 g/mol. The largest absolute Gasteiger partial charge is 0.416 e. The van der Waals surface area contributed by atoms with Crippen molar-refractivity contribution in [3.8, 4) is 0 Å². The standard InChI is InChI=1S/C18H15F3N2O2S2/c19-18(20,21)12-3-1-4-14(9-12)23-16(24)22-11-17(25,13-6-8-26-10-13)15-5-2-7-27-15/h1-10,25H,11H2,(H2,22,23,24). The van der Waals surface area contributed by atoms with Gasteiger partial charge < -0.3 is 15.7 Å². The summed E-state index contributed by atoms with van der Waals surface area (Å²) in [5.41, 5.74) is -1.63. The normalized spacial score (nSPS) is 13.8. The predicted octanol–water partition coefficient (Wildman–Crippen LogP) is 4.89. The first-order valence-electron chi connectivity index (χ1n) is 7.80. The number of amides is 2. The van der Waals surface area contributed by atoms with Crippen molar-refractivity contribution in [2.45, 2.75) is 11.8 Å². The van der Waals surface area contributed by atoms with Gasteiger partial charge in [-0.2, -0.15) is 24.5 Å². The van der Waals surface area contributed by atoms with Gasteiger partial charge in [-0.1, -0.05) is 12.1 Å². The fourth-order valence-electron chi connectivity index (χ4n) is 2.50. The van der Waals surface area contributed by atoms with Crippen molar-refractivity contribution in [3.05, 3.63) is 74.6 Å². The van der Waals surface area contributed by atoms with Gasteiger partial charge in [0.25, 0.3) is 0 Å². The van der Waals surface area contributed by atoms with Crippen LogP contribution in [0.5, 0.6) is 0 Å². The maximum absolute atomic E-state index is 12.8. The maximum atomic E-state index is 12.8. The molecule has 142 valence electrons. The Morgan fingerprint density at radius 3 is 2.52 bits per heavy atom. The molecule has 1 aromatic carbocycles. The molecule has 0 aliphatic heterocycles. The average molecular weight is 412 g/mol. The molecule has 0 spiro atoms. The van der Waals surface area contributed by atoms with E-state index in [4.69, 9.17) is 0 Å². The molecular weight excluding hydrogens is 397 g/mol. The molecule has 2 heterocycles. The quantitative estimate of drug-likeness (QED) is 0.559. The summed E-state index contributed by atoms with van der Waals surface area (Å²) in [4.78, 5) is 12.8. The number of aliphatic hydroxyl groups is 1. The first kappa shape index (κ1) is 19.4. The Labute approximate surface area is 161 Å². The van der Waals surface area contributed by atoms with Gasteiger partial charge in [0.05, 0.1) is 12.1 Å². The molecule has 0 saturated carbocycles. The molecule has 0 radical (unpaired) electrons. The highest BCUT2D eigenvalue weighted by atomic mass is 32.1. The number of benzene rings is 1. The number of nitrogens with one attached hydrogen (secondary N) is 2. The molecule has 2 aromatic heterocycles. The lowest BCUT2D eigenvalue weighted by molar-refractivity contribution is -0.137. The minimum atomic E-state index is -4.49. The van der Waals surface area contributed by atoms with Crippen molar-refractivity contribution in [1.29, 1.82) is 0 Å². The van der Waals surface area contributed by atoms with E-state index in [1.165, 1.54) is 34.8 Å². The fourth-order valence-corrected chi connectivity index (χ4v) is 4.07. The SMILES string of the molecule is O=C(NCC(O)(c1ccsc1)c1cccs1)Nc1cccc(C(F)(F)F)c1. The first-order valence-corrected chi connectivity index (χ1v) is 9.62. The van der Waals surface area contributed by atoms with E-state index in [0.717, 1.165) is 12.1 Å². The van der Waals surface area contributed by atoms with Crippen molar-refractivity contribution >= 4 is 34.4 Å². The lowest BCUT2D eigenvalue weighted by Crippen LogP contribution is -2.42. The van der Waals surface area contributed by atoms with Crippen LogP contribution in [0.1, 0.15) is 16.0 Å². The molecule has 1 unspecified atom stereocenters. The van der Waals surface area contributed by atoms with Crippen LogP contribution >= 0.6 is 22.7 Å². The maximum Gasteiger partial charge on any atom is 0.416 e. The number of thiophene rings is 2. The number of carbonyl (C=O) groups is 1. The molecule has 0 aliphatic rings. The summed E-state index contributed by atoms with van der Waals surface area (Å²) in [7, 11) is 0. The molecule has 3 aromatic rings. The molecule has 0 saturated heterocycles. The predicted molar refractivity (Wildman–Crippen MR) is 100 cm³/mol. The van der Waals surface area contributed by atoms with Crippen molar-refractivity contribution in [2.75, 3.05) is 11.9 Å². The Bertz CT molecular complexity index is 859. The van der Waals surface area contributed by atoms with Gasteiger partial charge in [0.1, 0.15) is 5.60 Å². The number of halogens is 3. The van der Waals surface area contributed by atoms with Crippen LogP contribution in [0, 0.1) is 0 Å². The first-order chi connectivity index (χ1) is 12.8. The van der Waals surface area contributed by atoms with E-state index in [1.54, 1.807) is 23.6 Å². The number of alkyl halides is 3. The molecule has 4 nitrogen and oxygen atoms in total. The second kappa shape index (κ2) is 7.71. The van der Waals surface area contributed by atoms with Crippen LogP contribution in [0.15, 0.2) is 58.6 Å². The molecule has 1 atom stereocenters. The van der Waals surface area contributed by atoms with Crippen LogP contribution in [0.25, 0.3) is 0 Å². The number of carbonyl (C=O) groups excluding carboxylic acids is 1. The van der Waals surface area contributed by atoms with Crippen LogP contribution in [0.4, 0.5) is 23.7 Å². The summed E-state index contributed by atoms with van der Waals surface area (Å²) in [5, 5.41) is 21.4. The van der Waals surface area contributed by atoms with Gasteiger partial charge in [-0.25, -0.2) is 4.79 Å². The Hall–Kier alpha value is -2.36. The van der Waals surface area contributed by atoms with Crippen LogP contribution in [-0.2, 0) is 11.8 Å². The lowest BCUT2D eigenvalue weighted by Gasteiger charge is -2.27. The highest BCUT2D eigenvalue weighted by Gasteiger charge is 2.34. The number of anilines is 1. The van der Waals surface area contributed by atoms with E-state index in [2.05, 4.69) is 10.6 Å². The third-order valence-corrected chi connectivity index (χ3v) is 5.58. The zero-order valence-electron chi connectivity index (χ0n) is 13.8. The van der Waals surface area contributed by atoms with E-state index in [9.17, 15) is 23.1 Å². The van der Waals surface area contributed by atoms with E-state index in [0.29, 0.717) is 10.4 Å². The molecule has 9 heteroatoms. The summed E-state index contributed by atoms with van der Waals surface area (Å²) in [5.74, 6) is 0. The van der Waals surface area contributed by atoms with Gasteiger partial charge in [-0.3, -0.25) is 0 Å². The van der Waals surface area contributed by atoms with E-state index in [1.807, 2.05) is 10.8 Å². The highest BCUT2D eigenvalue weighted by molar-refractivity contribution is 7.10. The minimum Gasteiger partial charge on any atom is -0.378 e. The Kier molecular flexibility index (Phi) is 5.54. The molecule has 0 aliphatic carbocycles. The Balaban J connectivity index is 1.71. The van der Waals surface area contributed by atoms with Crippen LogP contribution in [0.2, 0.25) is 0 Å². The molecule has 3 rings (SSSR count). The van der Waals surface area contributed by atoms with E-state index >= 15 is 0 Å². The Morgan fingerprint density at radius 2 is 1.89 bits per heavy atom. The molecule has 3 N–H and O–H groups in total. The van der Waals surface area contributed by atoms with E-state index in [-0.39, 0.29) is 12.2 Å². The molecular formula is C18H15F3N2O2S2. The van der Waals surface area contributed by atoms with Crippen LogP contribution in [0.3, 0.4) is 0 Å². The summed E-state index contributed by atoms with van der Waals surface area (Å²) >= 11 is 2.76. The zero-order chi connectivity index (χ0) is 19.5. The average Bonchev–Trinajstić information content (AvgIpc) is 3.33. The van der Waals surface area contributed by atoms with Gasteiger partial charge >= 0.3 is 12.2 Å². The summed E-state index contributed by atoms with van der Waals surface area (Å²) < 4.78 is 38.3.